The SMILES string of the molecule is CCNCC(C)(C)COC(C)CC(C)C. The predicted molar refractivity (Wildman–Crippen MR) is 67.2 cm³/mol. The number of rotatable bonds is 8. The minimum Gasteiger partial charge on any atom is -0.378 e. The van der Waals surface area contributed by atoms with Gasteiger partial charge in [0, 0.05) is 12.0 Å². The van der Waals surface area contributed by atoms with Gasteiger partial charge in [-0.25, -0.2) is 0 Å². The van der Waals surface area contributed by atoms with Crippen molar-refractivity contribution in [3.63, 3.8) is 0 Å². The van der Waals surface area contributed by atoms with Gasteiger partial charge in [0.05, 0.1) is 12.7 Å². The minimum absolute atomic E-state index is 0.237. The highest BCUT2D eigenvalue weighted by Gasteiger charge is 2.19. The van der Waals surface area contributed by atoms with E-state index in [-0.39, 0.29) is 5.41 Å². The van der Waals surface area contributed by atoms with Crippen molar-refractivity contribution >= 4 is 0 Å². The van der Waals surface area contributed by atoms with Crippen LogP contribution in [0.3, 0.4) is 0 Å². The van der Waals surface area contributed by atoms with Crippen LogP contribution in [0.15, 0.2) is 0 Å². The van der Waals surface area contributed by atoms with Crippen LogP contribution in [0.25, 0.3) is 0 Å². The lowest BCUT2D eigenvalue weighted by Gasteiger charge is -2.27. The molecule has 0 rings (SSSR count). The van der Waals surface area contributed by atoms with Gasteiger partial charge in [-0.1, -0.05) is 34.6 Å². The molecule has 1 unspecified atom stereocenters. The Bertz CT molecular complexity index is 155. The van der Waals surface area contributed by atoms with Crippen LogP contribution < -0.4 is 5.32 Å². The molecule has 1 N–H and O–H groups in total. The first-order chi connectivity index (χ1) is 6.87. The van der Waals surface area contributed by atoms with E-state index in [1.165, 1.54) is 0 Å². The molecule has 0 aromatic carbocycles. The van der Waals surface area contributed by atoms with E-state index in [0.29, 0.717) is 6.10 Å². The first-order valence-corrected chi connectivity index (χ1v) is 6.19. The van der Waals surface area contributed by atoms with E-state index in [4.69, 9.17) is 4.74 Å². The van der Waals surface area contributed by atoms with Gasteiger partial charge in [0.2, 0.25) is 0 Å². The highest BCUT2D eigenvalue weighted by Crippen LogP contribution is 2.17. The van der Waals surface area contributed by atoms with E-state index in [1.807, 2.05) is 0 Å². The Kier molecular flexibility index (Phi) is 7.20. The molecule has 92 valence electrons. The zero-order chi connectivity index (χ0) is 11.9. The van der Waals surface area contributed by atoms with Crippen molar-refractivity contribution in [1.29, 1.82) is 0 Å². The lowest BCUT2D eigenvalue weighted by atomic mass is 9.94. The Morgan fingerprint density at radius 3 is 2.27 bits per heavy atom. The molecule has 0 heterocycles. The van der Waals surface area contributed by atoms with Crippen molar-refractivity contribution in [2.75, 3.05) is 19.7 Å². The van der Waals surface area contributed by atoms with Crippen molar-refractivity contribution < 1.29 is 4.74 Å². The van der Waals surface area contributed by atoms with Crippen molar-refractivity contribution in [3.05, 3.63) is 0 Å². The van der Waals surface area contributed by atoms with E-state index >= 15 is 0 Å². The van der Waals surface area contributed by atoms with Crippen LogP contribution in [0.5, 0.6) is 0 Å². The van der Waals surface area contributed by atoms with E-state index in [9.17, 15) is 0 Å². The molecule has 0 aliphatic heterocycles. The third kappa shape index (κ3) is 8.88. The van der Waals surface area contributed by atoms with Gasteiger partial charge in [0.25, 0.3) is 0 Å². The first-order valence-electron chi connectivity index (χ1n) is 6.19. The molecule has 2 heteroatoms. The summed E-state index contributed by atoms with van der Waals surface area (Å²) >= 11 is 0. The fraction of sp³-hybridized carbons (Fsp3) is 1.00. The normalized spacial score (nSPS) is 14.6. The minimum atomic E-state index is 0.237. The molecular weight excluding hydrogens is 186 g/mol. The summed E-state index contributed by atoms with van der Waals surface area (Å²) in [5, 5.41) is 3.37. The maximum absolute atomic E-state index is 5.87. The molecule has 0 spiro atoms. The predicted octanol–water partition coefficient (Wildman–Crippen LogP) is 3.07. The number of ether oxygens (including phenoxy) is 1. The fourth-order valence-corrected chi connectivity index (χ4v) is 1.61. The molecule has 0 amide bonds. The fourth-order valence-electron chi connectivity index (χ4n) is 1.61. The van der Waals surface area contributed by atoms with Crippen LogP contribution in [0.1, 0.15) is 48.0 Å². The van der Waals surface area contributed by atoms with Crippen LogP contribution >= 0.6 is 0 Å². The molecule has 2 nitrogen and oxygen atoms in total. The molecule has 0 fully saturated rings. The van der Waals surface area contributed by atoms with Crippen molar-refractivity contribution in [2.24, 2.45) is 11.3 Å². The van der Waals surface area contributed by atoms with E-state index in [2.05, 4.69) is 46.9 Å². The standard InChI is InChI=1S/C13H29NO/c1-7-14-9-13(5,6)10-15-12(4)8-11(2)3/h11-12,14H,7-10H2,1-6H3. The average Bonchev–Trinajstić information content (AvgIpc) is 2.11. The van der Waals surface area contributed by atoms with Crippen molar-refractivity contribution in [3.8, 4) is 0 Å². The highest BCUT2D eigenvalue weighted by molar-refractivity contribution is 4.71. The van der Waals surface area contributed by atoms with Gasteiger partial charge in [-0.15, -0.1) is 0 Å². The molecule has 0 saturated carbocycles. The third-order valence-corrected chi connectivity index (χ3v) is 2.42. The molecule has 0 radical (unpaired) electrons. The summed E-state index contributed by atoms with van der Waals surface area (Å²) in [6, 6.07) is 0. The third-order valence-electron chi connectivity index (χ3n) is 2.42. The quantitative estimate of drug-likeness (QED) is 0.672. The van der Waals surface area contributed by atoms with Gasteiger partial charge in [-0.2, -0.15) is 0 Å². The molecule has 0 saturated heterocycles. The largest absolute Gasteiger partial charge is 0.378 e. The summed E-state index contributed by atoms with van der Waals surface area (Å²) in [6.45, 7) is 16.2. The molecular formula is C13H29NO. The maximum Gasteiger partial charge on any atom is 0.0549 e. The zero-order valence-electron chi connectivity index (χ0n) is 11.4. The molecule has 0 aromatic heterocycles. The van der Waals surface area contributed by atoms with Crippen LogP contribution in [0, 0.1) is 11.3 Å². The molecule has 0 aromatic rings. The summed E-state index contributed by atoms with van der Waals surface area (Å²) in [5.41, 5.74) is 0.237. The summed E-state index contributed by atoms with van der Waals surface area (Å²) in [6.07, 6.45) is 1.53. The van der Waals surface area contributed by atoms with E-state index in [1.54, 1.807) is 0 Å². The average molecular weight is 215 g/mol. The van der Waals surface area contributed by atoms with Gasteiger partial charge in [-0.05, 0) is 25.8 Å². The van der Waals surface area contributed by atoms with Crippen LogP contribution in [-0.2, 0) is 4.74 Å². The summed E-state index contributed by atoms with van der Waals surface area (Å²) in [5.74, 6) is 0.719. The highest BCUT2D eigenvalue weighted by atomic mass is 16.5. The summed E-state index contributed by atoms with van der Waals surface area (Å²) in [4.78, 5) is 0. The second kappa shape index (κ2) is 7.24. The van der Waals surface area contributed by atoms with Crippen LogP contribution in [-0.4, -0.2) is 25.8 Å². The van der Waals surface area contributed by atoms with Gasteiger partial charge in [0.1, 0.15) is 0 Å². The molecule has 0 aliphatic rings. The second-order valence-electron chi connectivity index (χ2n) is 5.70. The Hall–Kier alpha value is -0.0800. The number of hydrogen-bond donors (Lipinski definition) is 1. The molecule has 0 aliphatic carbocycles. The number of nitrogens with one attached hydrogen (secondary N) is 1. The lowest BCUT2D eigenvalue weighted by Crippen LogP contribution is -2.34. The Morgan fingerprint density at radius 2 is 1.80 bits per heavy atom. The summed E-state index contributed by atoms with van der Waals surface area (Å²) in [7, 11) is 0. The molecule has 15 heavy (non-hydrogen) atoms. The maximum atomic E-state index is 5.87. The summed E-state index contributed by atoms with van der Waals surface area (Å²) < 4.78 is 5.87. The Balaban J connectivity index is 3.71. The van der Waals surface area contributed by atoms with Gasteiger partial charge < -0.3 is 10.1 Å². The van der Waals surface area contributed by atoms with Gasteiger partial charge in [0.15, 0.2) is 0 Å². The first kappa shape index (κ1) is 14.9. The van der Waals surface area contributed by atoms with Crippen molar-refractivity contribution in [2.45, 2.75) is 54.1 Å². The topological polar surface area (TPSA) is 21.3 Å². The van der Waals surface area contributed by atoms with Crippen molar-refractivity contribution in [1.82, 2.24) is 5.32 Å². The monoisotopic (exact) mass is 215 g/mol. The lowest BCUT2D eigenvalue weighted by molar-refractivity contribution is 0.00314. The van der Waals surface area contributed by atoms with E-state index in [0.717, 1.165) is 32.0 Å². The molecule has 1 atom stereocenters. The Morgan fingerprint density at radius 1 is 1.20 bits per heavy atom. The number of hydrogen-bond acceptors (Lipinski definition) is 2. The smallest absolute Gasteiger partial charge is 0.0549 e. The van der Waals surface area contributed by atoms with Gasteiger partial charge in [-0.3, -0.25) is 0 Å². The van der Waals surface area contributed by atoms with Crippen LogP contribution in [0.2, 0.25) is 0 Å². The van der Waals surface area contributed by atoms with E-state index < -0.39 is 0 Å². The van der Waals surface area contributed by atoms with Crippen LogP contribution in [0.4, 0.5) is 0 Å². The Labute approximate surface area is 95.8 Å². The second-order valence-corrected chi connectivity index (χ2v) is 5.70. The molecule has 0 bridgehead atoms. The zero-order valence-corrected chi connectivity index (χ0v) is 11.4. The van der Waals surface area contributed by atoms with Gasteiger partial charge >= 0.3 is 0 Å².